The fourth-order valence-corrected chi connectivity index (χ4v) is 2.22. The number of halogens is 1. The molecule has 1 aliphatic rings. The van der Waals surface area contributed by atoms with Crippen LogP contribution in [0.2, 0.25) is 0 Å². The maximum Gasteiger partial charge on any atom is 0.229 e. The van der Waals surface area contributed by atoms with Crippen LogP contribution in [0.5, 0.6) is 0 Å². The van der Waals surface area contributed by atoms with Crippen LogP contribution in [0.4, 0.5) is 10.1 Å². The monoisotopic (exact) mass is 264 g/mol. The lowest BCUT2D eigenvalue weighted by Gasteiger charge is -2.17. The summed E-state index contributed by atoms with van der Waals surface area (Å²) in [6.45, 7) is 2.33. The summed E-state index contributed by atoms with van der Waals surface area (Å²) in [6, 6.07) is 5.74. The minimum Gasteiger partial charge on any atom is -0.351 e. The predicted octanol–water partition coefficient (Wildman–Crippen LogP) is 1.85. The first-order chi connectivity index (χ1) is 9.10. The van der Waals surface area contributed by atoms with E-state index in [1.54, 1.807) is 12.1 Å². The van der Waals surface area contributed by atoms with Gasteiger partial charge in [-0.1, -0.05) is 13.0 Å². The van der Waals surface area contributed by atoms with Gasteiger partial charge in [-0.2, -0.15) is 0 Å². The molecule has 2 rings (SSSR count). The Morgan fingerprint density at radius 3 is 3.00 bits per heavy atom. The summed E-state index contributed by atoms with van der Waals surface area (Å²) < 4.78 is 13.1. The Bertz CT molecular complexity index is 490. The number of nitrogens with one attached hydrogen (secondary N) is 1. The zero-order valence-corrected chi connectivity index (χ0v) is 10.9. The average molecular weight is 264 g/mol. The van der Waals surface area contributed by atoms with Gasteiger partial charge >= 0.3 is 0 Å². The highest BCUT2D eigenvalue weighted by molar-refractivity contribution is 5.96. The van der Waals surface area contributed by atoms with Crippen molar-refractivity contribution in [2.24, 2.45) is 0 Å². The van der Waals surface area contributed by atoms with Gasteiger partial charge in [-0.15, -0.1) is 0 Å². The molecule has 4 nitrogen and oxygen atoms in total. The first-order valence-corrected chi connectivity index (χ1v) is 6.45. The van der Waals surface area contributed by atoms with Crippen LogP contribution in [-0.4, -0.2) is 24.4 Å². The zero-order chi connectivity index (χ0) is 13.8. The molecule has 102 valence electrons. The number of carbonyl (C=O) groups excluding carboxylic acids is 2. The maximum absolute atomic E-state index is 13.1. The SMILES string of the molecule is CCCC(=O)N[C@@H]1CC(=O)N(c2cccc(F)c2)C1. The molecule has 0 unspecified atom stereocenters. The minimum atomic E-state index is -0.372. The second kappa shape index (κ2) is 5.82. The van der Waals surface area contributed by atoms with E-state index in [-0.39, 0.29) is 30.1 Å². The Balaban J connectivity index is 2.01. The second-order valence-corrected chi connectivity index (χ2v) is 4.70. The van der Waals surface area contributed by atoms with E-state index < -0.39 is 0 Å². The van der Waals surface area contributed by atoms with Crippen LogP contribution in [-0.2, 0) is 9.59 Å². The third-order valence-electron chi connectivity index (χ3n) is 3.09. The number of nitrogens with zero attached hydrogens (tertiary/aromatic N) is 1. The first kappa shape index (κ1) is 13.5. The zero-order valence-electron chi connectivity index (χ0n) is 10.9. The molecule has 1 aromatic rings. The Morgan fingerprint density at radius 2 is 2.32 bits per heavy atom. The van der Waals surface area contributed by atoms with Gasteiger partial charge in [-0.05, 0) is 24.6 Å². The van der Waals surface area contributed by atoms with E-state index in [2.05, 4.69) is 5.32 Å². The molecule has 0 radical (unpaired) electrons. The van der Waals surface area contributed by atoms with E-state index in [1.165, 1.54) is 17.0 Å². The highest BCUT2D eigenvalue weighted by atomic mass is 19.1. The number of amides is 2. The van der Waals surface area contributed by atoms with Crippen molar-refractivity contribution < 1.29 is 14.0 Å². The summed E-state index contributed by atoms with van der Waals surface area (Å²) >= 11 is 0. The van der Waals surface area contributed by atoms with Crippen molar-refractivity contribution in [3.8, 4) is 0 Å². The quantitative estimate of drug-likeness (QED) is 0.902. The van der Waals surface area contributed by atoms with Gasteiger partial charge in [-0.3, -0.25) is 9.59 Å². The Kier molecular flexibility index (Phi) is 4.14. The summed E-state index contributed by atoms with van der Waals surface area (Å²) in [6.07, 6.45) is 1.51. The van der Waals surface area contributed by atoms with Crippen molar-refractivity contribution in [1.82, 2.24) is 5.32 Å². The molecule has 1 heterocycles. The molecular weight excluding hydrogens is 247 g/mol. The van der Waals surface area contributed by atoms with Crippen LogP contribution in [0.1, 0.15) is 26.2 Å². The van der Waals surface area contributed by atoms with Gasteiger partial charge in [0.15, 0.2) is 0 Å². The number of hydrogen-bond acceptors (Lipinski definition) is 2. The van der Waals surface area contributed by atoms with Crippen molar-refractivity contribution in [3.05, 3.63) is 30.1 Å². The molecule has 0 saturated carbocycles. The molecule has 1 aromatic carbocycles. The third-order valence-corrected chi connectivity index (χ3v) is 3.09. The van der Waals surface area contributed by atoms with E-state index in [4.69, 9.17) is 0 Å². The Morgan fingerprint density at radius 1 is 1.53 bits per heavy atom. The summed E-state index contributed by atoms with van der Waals surface area (Å²) in [5.74, 6) is -0.502. The molecule has 0 aliphatic carbocycles. The van der Waals surface area contributed by atoms with Gasteiger partial charge in [0.05, 0.1) is 6.04 Å². The van der Waals surface area contributed by atoms with Crippen molar-refractivity contribution in [2.75, 3.05) is 11.4 Å². The van der Waals surface area contributed by atoms with Crippen molar-refractivity contribution in [1.29, 1.82) is 0 Å². The normalized spacial score (nSPS) is 18.7. The van der Waals surface area contributed by atoms with Crippen molar-refractivity contribution >= 4 is 17.5 Å². The standard InChI is InChI=1S/C14H17FN2O2/c1-2-4-13(18)16-11-8-14(19)17(9-11)12-6-3-5-10(15)7-12/h3,5-7,11H,2,4,8-9H2,1H3,(H,16,18)/t11-/m1/s1. The minimum absolute atomic E-state index is 0.0404. The molecule has 1 fully saturated rings. The number of rotatable bonds is 4. The van der Waals surface area contributed by atoms with Crippen LogP contribution in [0.3, 0.4) is 0 Å². The van der Waals surface area contributed by atoms with Gasteiger partial charge < -0.3 is 10.2 Å². The molecule has 1 N–H and O–H groups in total. The third kappa shape index (κ3) is 3.30. The van der Waals surface area contributed by atoms with Gasteiger partial charge in [0.25, 0.3) is 0 Å². The predicted molar refractivity (Wildman–Crippen MR) is 70.2 cm³/mol. The van der Waals surface area contributed by atoms with Crippen LogP contribution in [0.25, 0.3) is 0 Å². The average Bonchev–Trinajstić information content (AvgIpc) is 2.70. The van der Waals surface area contributed by atoms with E-state index >= 15 is 0 Å². The fourth-order valence-electron chi connectivity index (χ4n) is 2.22. The smallest absolute Gasteiger partial charge is 0.229 e. The van der Waals surface area contributed by atoms with Crippen molar-refractivity contribution in [3.63, 3.8) is 0 Å². The van der Waals surface area contributed by atoms with E-state index in [9.17, 15) is 14.0 Å². The fraction of sp³-hybridized carbons (Fsp3) is 0.429. The highest BCUT2D eigenvalue weighted by Crippen LogP contribution is 2.22. The van der Waals surface area contributed by atoms with E-state index in [1.807, 2.05) is 6.92 Å². The lowest BCUT2D eigenvalue weighted by atomic mass is 10.2. The lowest BCUT2D eigenvalue weighted by Crippen LogP contribution is -2.36. The molecule has 5 heteroatoms. The summed E-state index contributed by atoms with van der Waals surface area (Å²) in [7, 11) is 0. The largest absolute Gasteiger partial charge is 0.351 e. The molecule has 19 heavy (non-hydrogen) atoms. The Labute approximate surface area is 111 Å². The molecule has 1 atom stereocenters. The number of anilines is 1. The lowest BCUT2D eigenvalue weighted by molar-refractivity contribution is -0.121. The topological polar surface area (TPSA) is 49.4 Å². The molecule has 1 saturated heterocycles. The molecule has 2 amide bonds. The van der Waals surface area contributed by atoms with Crippen LogP contribution in [0.15, 0.2) is 24.3 Å². The van der Waals surface area contributed by atoms with Crippen LogP contribution in [0, 0.1) is 5.82 Å². The van der Waals surface area contributed by atoms with Crippen LogP contribution >= 0.6 is 0 Å². The molecule has 1 aliphatic heterocycles. The first-order valence-electron chi connectivity index (χ1n) is 6.45. The van der Waals surface area contributed by atoms with Crippen molar-refractivity contribution in [2.45, 2.75) is 32.2 Å². The molecular formula is C14H17FN2O2. The summed E-state index contributed by atoms with van der Waals surface area (Å²) in [5, 5.41) is 2.83. The number of benzene rings is 1. The van der Waals surface area contributed by atoms with Gasteiger partial charge in [0.1, 0.15) is 5.82 Å². The van der Waals surface area contributed by atoms with Gasteiger partial charge in [0.2, 0.25) is 11.8 Å². The highest BCUT2D eigenvalue weighted by Gasteiger charge is 2.31. The Hall–Kier alpha value is -1.91. The molecule has 0 aromatic heterocycles. The van der Waals surface area contributed by atoms with E-state index in [0.29, 0.717) is 18.7 Å². The van der Waals surface area contributed by atoms with Gasteiger partial charge in [-0.25, -0.2) is 4.39 Å². The van der Waals surface area contributed by atoms with E-state index in [0.717, 1.165) is 6.42 Å². The van der Waals surface area contributed by atoms with Crippen LogP contribution < -0.4 is 10.2 Å². The summed E-state index contributed by atoms with van der Waals surface area (Å²) in [4.78, 5) is 24.9. The van der Waals surface area contributed by atoms with Gasteiger partial charge in [0, 0.05) is 25.1 Å². The number of hydrogen-bond donors (Lipinski definition) is 1. The molecule has 0 bridgehead atoms. The second-order valence-electron chi connectivity index (χ2n) is 4.70. The summed E-state index contributed by atoms with van der Waals surface area (Å²) in [5.41, 5.74) is 0.539. The molecule has 0 spiro atoms. The maximum atomic E-state index is 13.1. The number of carbonyl (C=O) groups is 2.